The van der Waals surface area contributed by atoms with Crippen molar-refractivity contribution in [1.29, 1.82) is 0 Å². The SMILES string of the molecule is C=C/C=C(\C)c1ccccc1.C=C1\C=C(N(c2ccccc2)c2ccccc2)/C=C\C=C\c2ccccc2/C=C(\C)C1(C1=CC=CCC=C1)c1ccc(\C=C/C(=C\C=C\Nc2ccccc2)C2=CC=CCC(C(C)(C)C)C2)cc1. The summed E-state index contributed by atoms with van der Waals surface area (Å²) in [5, 5.41) is 3.43. The summed E-state index contributed by atoms with van der Waals surface area (Å²) in [4.78, 5) is 2.32. The van der Waals surface area contributed by atoms with Crippen LogP contribution >= 0.6 is 0 Å². The molecule has 2 unspecified atom stereocenters. The second kappa shape index (κ2) is 27.9. The number of hydrogen-bond donors (Lipinski definition) is 1. The minimum atomic E-state index is -0.747. The number of hydrogen-bond acceptors (Lipinski definition) is 2. The number of para-hydroxylation sites is 3. The monoisotopic (exact) mass is 1030 g/mol. The smallest absolute Gasteiger partial charge is 0.0657 e. The predicted molar refractivity (Wildman–Crippen MR) is 346 cm³/mol. The van der Waals surface area contributed by atoms with Crippen LogP contribution in [0.4, 0.5) is 17.1 Å². The zero-order valence-corrected chi connectivity index (χ0v) is 46.9. The molecular weight excluding hydrogens is 953 g/mol. The van der Waals surface area contributed by atoms with Gasteiger partial charge in [0.05, 0.1) is 5.41 Å². The molecule has 6 aromatic rings. The van der Waals surface area contributed by atoms with E-state index in [1.807, 2.05) is 54.8 Å². The molecule has 0 aliphatic heterocycles. The van der Waals surface area contributed by atoms with Crippen LogP contribution in [0.25, 0.3) is 23.8 Å². The normalized spacial score (nSPS) is 20.0. The van der Waals surface area contributed by atoms with Crippen LogP contribution in [-0.2, 0) is 5.41 Å². The average Bonchev–Trinajstić information content (AvgIpc) is 4.11. The topological polar surface area (TPSA) is 15.3 Å². The highest BCUT2D eigenvalue weighted by Crippen LogP contribution is 2.49. The molecule has 0 spiro atoms. The highest BCUT2D eigenvalue weighted by molar-refractivity contribution is 5.76. The maximum atomic E-state index is 5.08. The number of anilines is 3. The lowest BCUT2D eigenvalue weighted by molar-refractivity contribution is 0.242. The molecule has 79 heavy (non-hydrogen) atoms. The van der Waals surface area contributed by atoms with E-state index < -0.39 is 5.41 Å². The molecule has 394 valence electrons. The number of allylic oxidation sites excluding steroid dienone is 23. The highest BCUT2D eigenvalue weighted by atomic mass is 15.1. The number of rotatable bonds is 13. The highest BCUT2D eigenvalue weighted by Gasteiger charge is 2.40. The van der Waals surface area contributed by atoms with Crippen LogP contribution in [-0.4, -0.2) is 0 Å². The van der Waals surface area contributed by atoms with Crippen molar-refractivity contribution in [2.75, 3.05) is 10.2 Å². The summed E-state index contributed by atoms with van der Waals surface area (Å²) in [5.74, 6) is 0.532. The molecule has 0 radical (unpaired) electrons. The van der Waals surface area contributed by atoms with Gasteiger partial charge in [-0.25, -0.2) is 0 Å². The molecule has 6 aromatic carbocycles. The summed E-state index contributed by atoms with van der Waals surface area (Å²) >= 11 is 0. The zero-order valence-electron chi connectivity index (χ0n) is 46.9. The molecule has 0 bridgehead atoms. The van der Waals surface area contributed by atoms with E-state index in [1.165, 1.54) is 27.9 Å². The Kier molecular flexibility index (Phi) is 19.8. The lowest BCUT2D eigenvalue weighted by Gasteiger charge is -2.39. The number of nitrogens with one attached hydrogen (secondary N) is 1. The van der Waals surface area contributed by atoms with Gasteiger partial charge in [-0.2, -0.15) is 0 Å². The minimum Gasteiger partial charge on any atom is -0.362 e. The Hall–Kier alpha value is -8.98. The molecular formula is C77H76N2. The largest absolute Gasteiger partial charge is 0.362 e. The maximum absolute atomic E-state index is 5.08. The number of nitrogens with zero attached hydrogens (tertiary/aromatic N) is 1. The van der Waals surface area contributed by atoms with E-state index in [2.05, 4.69) is 294 Å². The summed E-state index contributed by atoms with van der Waals surface area (Å²) < 4.78 is 0. The lowest BCUT2D eigenvalue weighted by atomic mass is 9.63. The Morgan fingerprint density at radius 2 is 1.27 bits per heavy atom. The van der Waals surface area contributed by atoms with Gasteiger partial charge in [-0.3, -0.25) is 0 Å². The summed E-state index contributed by atoms with van der Waals surface area (Å²) in [6, 6.07) is 59.6. The van der Waals surface area contributed by atoms with Crippen LogP contribution in [0.3, 0.4) is 0 Å². The van der Waals surface area contributed by atoms with Crippen molar-refractivity contribution in [2.24, 2.45) is 11.3 Å². The fourth-order valence-electron chi connectivity index (χ4n) is 10.4. The third kappa shape index (κ3) is 14.9. The molecule has 0 amide bonds. The molecule has 3 aliphatic rings. The van der Waals surface area contributed by atoms with Crippen LogP contribution in [0, 0.1) is 11.3 Å². The Labute approximate surface area is 473 Å². The van der Waals surface area contributed by atoms with E-state index in [-0.39, 0.29) is 5.41 Å². The van der Waals surface area contributed by atoms with Gasteiger partial charge in [0.1, 0.15) is 0 Å². The molecule has 0 fully saturated rings. The van der Waals surface area contributed by atoms with Crippen molar-refractivity contribution >= 4 is 40.9 Å². The zero-order chi connectivity index (χ0) is 55.3. The molecule has 3 aliphatic carbocycles. The van der Waals surface area contributed by atoms with Gasteiger partial charge >= 0.3 is 0 Å². The summed E-state index contributed by atoms with van der Waals surface area (Å²) in [6.07, 6.45) is 49.2. The van der Waals surface area contributed by atoms with Crippen LogP contribution in [0.2, 0.25) is 0 Å². The van der Waals surface area contributed by atoms with Crippen LogP contribution in [0.15, 0.2) is 326 Å². The first-order valence-corrected chi connectivity index (χ1v) is 27.7. The second-order valence-corrected chi connectivity index (χ2v) is 21.2. The molecule has 0 heterocycles. The fourth-order valence-corrected chi connectivity index (χ4v) is 10.4. The minimum absolute atomic E-state index is 0.188. The van der Waals surface area contributed by atoms with Crippen LogP contribution in [0.5, 0.6) is 0 Å². The van der Waals surface area contributed by atoms with Gasteiger partial charge in [-0.1, -0.05) is 276 Å². The van der Waals surface area contributed by atoms with E-state index in [0.717, 1.165) is 75.4 Å². The summed E-state index contributed by atoms with van der Waals surface area (Å²) in [7, 11) is 0. The van der Waals surface area contributed by atoms with Crippen molar-refractivity contribution in [2.45, 2.75) is 59.3 Å². The van der Waals surface area contributed by atoms with Gasteiger partial charge in [0.15, 0.2) is 0 Å². The molecule has 0 saturated carbocycles. The van der Waals surface area contributed by atoms with E-state index in [4.69, 9.17) is 6.58 Å². The van der Waals surface area contributed by atoms with E-state index >= 15 is 0 Å². The molecule has 2 nitrogen and oxygen atoms in total. The Morgan fingerprint density at radius 3 is 1.94 bits per heavy atom. The van der Waals surface area contributed by atoms with Gasteiger partial charge in [-0.15, -0.1) is 0 Å². The number of benzene rings is 6. The average molecular weight is 1030 g/mol. The molecule has 2 heteroatoms. The first-order chi connectivity index (χ1) is 38.5. The molecule has 0 saturated heterocycles. The molecule has 0 aromatic heterocycles. The lowest BCUT2D eigenvalue weighted by Crippen LogP contribution is -2.32. The summed E-state index contributed by atoms with van der Waals surface area (Å²) in [5.41, 5.74) is 16.5. The summed E-state index contributed by atoms with van der Waals surface area (Å²) in [6.45, 7) is 20.2. The third-order valence-corrected chi connectivity index (χ3v) is 14.8. The van der Waals surface area contributed by atoms with Crippen molar-refractivity contribution in [3.8, 4) is 0 Å². The Morgan fingerprint density at radius 1 is 0.646 bits per heavy atom. The predicted octanol–water partition coefficient (Wildman–Crippen LogP) is 21.1. The van der Waals surface area contributed by atoms with Gasteiger partial charge in [0, 0.05) is 29.0 Å². The standard InChI is InChI=1S/C66H64N2.C11H12/c1-51-48-56-28-20-19-26-54(56)27-22-24-40-64(68(62-36-15-9-16-37-62)63-38-17-10-18-39-63)49-52(2)66(51,58-31-11-6-7-12-32-58)59-45-42-53(43-46-59)41-44-55(30-25-47-67-61-34-13-8-14-35-61)57-29-21-23-33-60(50-57)65(3,4)5;1-3-7-10(2)11-8-5-4-6-9-11/h6,8-32,34-49,60,67H,2,7,33,50H2,1,3-5H3;3-9H,1H2,2H3/b27-22+,40-24-,44-41-,47-25+,51-48+,55-30+,64-49+;10-7+. The molecule has 1 N–H and O–H groups in total. The van der Waals surface area contributed by atoms with Crippen LogP contribution in [0.1, 0.15) is 81.7 Å². The van der Waals surface area contributed by atoms with Gasteiger partial charge in [-0.05, 0) is 155 Å². The van der Waals surface area contributed by atoms with Crippen molar-refractivity contribution < 1.29 is 0 Å². The maximum Gasteiger partial charge on any atom is 0.0657 e. The first-order valence-electron chi connectivity index (χ1n) is 27.7. The fraction of sp³-hybridized carbons (Fsp3) is 0.143. The molecule has 2 atom stereocenters. The van der Waals surface area contributed by atoms with Crippen molar-refractivity contribution in [3.05, 3.63) is 354 Å². The van der Waals surface area contributed by atoms with Crippen LogP contribution < -0.4 is 10.2 Å². The van der Waals surface area contributed by atoms with Gasteiger partial charge < -0.3 is 10.2 Å². The van der Waals surface area contributed by atoms with Crippen molar-refractivity contribution in [1.82, 2.24) is 0 Å². The van der Waals surface area contributed by atoms with Gasteiger partial charge in [0.25, 0.3) is 0 Å². The van der Waals surface area contributed by atoms with Crippen molar-refractivity contribution in [3.63, 3.8) is 0 Å². The third-order valence-electron chi connectivity index (χ3n) is 14.8. The second-order valence-electron chi connectivity index (χ2n) is 21.2. The quantitative estimate of drug-likeness (QED) is 0.116. The first kappa shape index (κ1) is 56.2. The van der Waals surface area contributed by atoms with E-state index in [0.29, 0.717) is 5.92 Å². The Balaban J connectivity index is 0.000000667. The Bertz CT molecular complexity index is 3390. The van der Waals surface area contributed by atoms with E-state index in [9.17, 15) is 0 Å². The van der Waals surface area contributed by atoms with Gasteiger partial charge in [0.2, 0.25) is 0 Å². The number of fused-ring (bicyclic) bond motifs is 1. The van der Waals surface area contributed by atoms with E-state index in [1.54, 1.807) is 0 Å². The molecule has 9 rings (SSSR count).